The minimum atomic E-state index is -0.752. The number of rotatable bonds is 4. The van der Waals surface area contributed by atoms with Crippen LogP contribution >= 0.6 is 0 Å². The average molecular weight is 183 g/mol. The van der Waals surface area contributed by atoms with Crippen LogP contribution in [-0.2, 0) is 4.79 Å². The maximum atomic E-state index is 10.9. The van der Waals surface area contributed by atoms with Gasteiger partial charge in [0.2, 0.25) is 5.78 Å². The lowest BCUT2D eigenvalue weighted by atomic mass is 10.2. The summed E-state index contributed by atoms with van der Waals surface area (Å²) in [4.78, 5) is 30.2. The summed E-state index contributed by atoms with van der Waals surface area (Å²) in [5, 5.41) is 10.1. The van der Waals surface area contributed by atoms with Gasteiger partial charge in [-0.05, 0) is 6.07 Å². The van der Waals surface area contributed by atoms with Crippen molar-refractivity contribution >= 4 is 18.0 Å². The predicted molar refractivity (Wildman–Crippen MR) is 40.4 cm³/mol. The van der Waals surface area contributed by atoms with Crippen LogP contribution in [0.1, 0.15) is 17.0 Å². The van der Waals surface area contributed by atoms with E-state index < -0.39 is 16.6 Å². The molecule has 0 aromatic carbocycles. The van der Waals surface area contributed by atoms with Crippen LogP contribution < -0.4 is 0 Å². The maximum absolute atomic E-state index is 10.9. The van der Waals surface area contributed by atoms with Crippen LogP contribution in [0, 0.1) is 10.1 Å². The van der Waals surface area contributed by atoms with E-state index in [9.17, 15) is 19.7 Å². The molecular formula is C7H5NO5. The molecule has 6 nitrogen and oxygen atoms in total. The highest BCUT2D eigenvalue weighted by molar-refractivity contribution is 6.00. The number of nitrogens with zero attached hydrogens (tertiary/aromatic N) is 1. The number of carbonyl (C=O) groups excluding carboxylic acids is 2. The van der Waals surface area contributed by atoms with E-state index in [0.717, 1.165) is 6.07 Å². The quantitative estimate of drug-likeness (QED) is 0.228. The fourth-order valence-electron chi connectivity index (χ4n) is 0.752. The van der Waals surface area contributed by atoms with E-state index in [4.69, 9.17) is 0 Å². The van der Waals surface area contributed by atoms with E-state index in [1.165, 1.54) is 6.07 Å². The number of ketones is 1. The van der Waals surface area contributed by atoms with Gasteiger partial charge in [-0.2, -0.15) is 0 Å². The van der Waals surface area contributed by atoms with Crippen molar-refractivity contribution in [2.45, 2.75) is 6.42 Å². The molecule has 0 aliphatic rings. The monoisotopic (exact) mass is 183 g/mol. The van der Waals surface area contributed by atoms with Crippen LogP contribution in [0.15, 0.2) is 16.5 Å². The minimum absolute atomic E-state index is 0.168. The van der Waals surface area contributed by atoms with Crippen molar-refractivity contribution in [3.8, 4) is 0 Å². The zero-order valence-corrected chi connectivity index (χ0v) is 6.43. The Bertz CT molecular complexity index is 354. The highest BCUT2D eigenvalue weighted by Crippen LogP contribution is 2.16. The summed E-state index contributed by atoms with van der Waals surface area (Å²) in [5.41, 5.74) is 0. The summed E-state index contributed by atoms with van der Waals surface area (Å²) in [5.74, 6) is -1.24. The molecule has 0 saturated heterocycles. The molecule has 0 unspecified atom stereocenters. The zero-order valence-electron chi connectivity index (χ0n) is 6.43. The van der Waals surface area contributed by atoms with Crippen molar-refractivity contribution in [1.29, 1.82) is 0 Å². The van der Waals surface area contributed by atoms with Crippen molar-refractivity contribution in [3.63, 3.8) is 0 Å². The maximum Gasteiger partial charge on any atom is 0.433 e. The number of hydrogen-bond donors (Lipinski definition) is 0. The number of nitro groups is 1. The van der Waals surface area contributed by atoms with Crippen molar-refractivity contribution in [2.24, 2.45) is 0 Å². The Balaban J connectivity index is 2.85. The van der Waals surface area contributed by atoms with Crippen molar-refractivity contribution < 1.29 is 18.9 Å². The summed E-state index contributed by atoms with van der Waals surface area (Å²) < 4.78 is 4.55. The van der Waals surface area contributed by atoms with Gasteiger partial charge in [-0.1, -0.05) is 0 Å². The summed E-state index contributed by atoms with van der Waals surface area (Å²) in [7, 11) is 0. The first-order chi connectivity index (χ1) is 6.15. The molecule has 1 aromatic rings. The number of Topliss-reactive ketones (excluding diaryl/α,β-unsaturated/α-hetero) is 1. The minimum Gasteiger partial charge on any atom is -0.397 e. The van der Waals surface area contributed by atoms with E-state index in [0.29, 0.717) is 6.29 Å². The van der Waals surface area contributed by atoms with Gasteiger partial charge in [0, 0.05) is 0 Å². The van der Waals surface area contributed by atoms with Gasteiger partial charge in [-0.15, -0.1) is 0 Å². The van der Waals surface area contributed by atoms with Crippen molar-refractivity contribution in [2.75, 3.05) is 0 Å². The second-order valence-electron chi connectivity index (χ2n) is 2.19. The first-order valence-electron chi connectivity index (χ1n) is 3.36. The average Bonchev–Trinajstić information content (AvgIpc) is 2.52. The van der Waals surface area contributed by atoms with Gasteiger partial charge in [-0.25, -0.2) is 0 Å². The second-order valence-corrected chi connectivity index (χ2v) is 2.19. The molecule has 68 valence electrons. The smallest absolute Gasteiger partial charge is 0.397 e. The normalized spacial score (nSPS) is 9.54. The lowest BCUT2D eigenvalue weighted by Gasteiger charge is -1.87. The molecule has 1 heterocycles. The molecule has 1 rings (SSSR count). The number of hydrogen-bond acceptors (Lipinski definition) is 5. The molecule has 0 amide bonds. The Hall–Kier alpha value is -1.98. The third-order valence-corrected chi connectivity index (χ3v) is 1.32. The Morgan fingerprint density at radius 1 is 1.62 bits per heavy atom. The molecule has 0 atom stereocenters. The molecule has 0 N–H and O–H groups in total. The van der Waals surface area contributed by atoms with Crippen molar-refractivity contribution in [3.05, 3.63) is 28.0 Å². The Labute approximate surface area is 72.3 Å². The van der Waals surface area contributed by atoms with Crippen LogP contribution in [0.4, 0.5) is 5.88 Å². The Kier molecular flexibility index (Phi) is 2.53. The number of carbonyl (C=O) groups is 2. The molecule has 0 aliphatic carbocycles. The van der Waals surface area contributed by atoms with E-state index in [1.54, 1.807) is 0 Å². The van der Waals surface area contributed by atoms with E-state index in [-0.39, 0.29) is 12.2 Å². The third kappa shape index (κ3) is 1.98. The van der Waals surface area contributed by atoms with E-state index >= 15 is 0 Å². The highest BCUT2D eigenvalue weighted by atomic mass is 16.6. The van der Waals surface area contributed by atoms with Crippen LogP contribution in [0.2, 0.25) is 0 Å². The molecule has 13 heavy (non-hydrogen) atoms. The predicted octanol–water partition coefficient (Wildman–Crippen LogP) is 0.960. The molecule has 0 saturated carbocycles. The van der Waals surface area contributed by atoms with Gasteiger partial charge in [0.15, 0.2) is 5.76 Å². The van der Waals surface area contributed by atoms with Crippen LogP contribution in [0.25, 0.3) is 0 Å². The van der Waals surface area contributed by atoms with Gasteiger partial charge >= 0.3 is 5.88 Å². The molecule has 1 aromatic heterocycles. The molecular weight excluding hydrogens is 178 g/mol. The standard InChI is InChI=1S/C7H5NO5/c9-4-3-5(10)6-1-2-7(13-6)8(11)12/h1-2,4H,3H2. The van der Waals surface area contributed by atoms with Crippen LogP contribution in [0.3, 0.4) is 0 Å². The Morgan fingerprint density at radius 2 is 2.31 bits per heavy atom. The van der Waals surface area contributed by atoms with Gasteiger partial charge in [0.25, 0.3) is 0 Å². The van der Waals surface area contributed by atoms with Crippen LogP contribution in [0.5, 0.6) is 0 Å². The Morgan fingerprint density at radius 3 is 2.77 bits per heavy atom. The lowest BCUT2D eigenvalue weighted by molar-refractivity contribution is -0.402. The second kappa shape index (κ2) is 3.61. The fourth-order valence-corrected chi connectivity index (χ4v) is 0.752. The first-order valence-corrected chi connectivity index (χ1v) is 3.36. The highest BCUT2D eigenvalue weighted by Gasteiger charge is 2.16. The molecule has 0 fully saturated rings. The summed E-state index contributed by atoms with van der Waals surface area (Å²) in [6.45, 7) is 0. The number of furan rings is 1. The van der Waals surface area contributed by atoms with Gasteiger partial charge < -0.3 is 9.21 Å². The largest absolute Gasteiger partial charge is 0.433 e. The zero-order chi connectivity index (χ0) is 9.84. The molecule has 0 radical (unpaired) electrons. The van der Waals surface area contributed by atoms with Gasteiger partial charge in [-0.3, -0.25) is 14.9 Å². The summed E-state index contributed by atoms with van der Waals surface area (Å²) in [6, 6.07) is 2.24. The molecule has 0 aliphatic heterocycles. The van der Waals surface area contributed by atoms with Gasteiger partial charge in [0.05, 0.1) is 12.5 Å². The van der Waals surface area contributed by atoms with E-state index in [1.807, 2.05) is 0 Å². The van der Waals surface area contributed by atoms with Crippen molar-refractivity contribution in [1.82, 2.24) is 0 Å². The lowest BCUT2D eigenvalue weighted by Crippen LogP contribution is -1.96. The molecule has 6 heteroatoms. The third-order valence-electron chi connectivity index (χ3n) is 1.32. The number of aldehydes is 1. The SMILES string of the molecule is O=CCC(=O)c1ccc([N+](=O)[O-])o1. The summed E-state index contributed by atoms with van der Waals surface area (Å²) >= 11 is 0. The van der Waals surface area contributed by atoms with Gasteiger partial charge in [0.1, 0.15) is 11.2 Å². The first kappa shape index (κ1) is 9.11. The van der Waals surface area contributed by atoms with E-state index in [2.05, 4.69) is 4.42 Å². The fraction of sp³-hybridized carbons (Fsp3) is 0.143. The van der Waals surface area contributed by atoms with Crippen LogP contribution in [-0.4, -0.2) is 17.0 Å². The summed E-state index contributed by atoms with van der Waals surface area (Å²) in [6.07, 6.45) is 0.0847. The topological polar surface area (TPSA) is 90.4 Å². The molecule has 0 spiro atoms. The molecule has 0 bridgehead atoms.